The van der Waals surface area contributed by atoms with Crippen LogP contribution in [0.3, 0.4) is 0 Å². The number of carbonyl (C=O) groups is 2. The Morgan fingerprint density at radius 2 is 1.63 bits per heavy atom. The van der Waals surface area contributed by atoms with Gasteiger partial charge in [-0.2, -0.15) is 0 Å². The van der Waals surface area contributed by atoms with Gasteiger partial charge in [-0.05, 0) is 56.3 Å². The number of rotatable bonds is 9. The molecule has 8 nitrogen and oxygen atoms in total. The van der Waals surface area contributed by atoms with Crippen molar-refractivity contribution in [2.24, 2.45) is 0 Å². The number of hydrogen-bond donors (Lipinski definition) is 0. The average Bonchev–Trinajstić information content (AvgIpc) is 2.72. The van der Waals surface area contributed by atoms with Gasteiger partial charge in [-0.1, -0.05) is 0 Å². The minimum absolute atomic E-state index is 0.0612. The van der Waals surface area contributed by atoms with Crippen LogP contribution in [-0.4, -0.2) is 47.2 Å². The molecule has 0 aliphatic rings. The van der Waals surface area contributed by atoms with E-state index in [4.69, 9.17) is 14.2 Å². The molecule has 2 aromatic rings. The smallest absolute Gasteiger partial charge is 0.338 e. The van der Waals surface area contributed by atoms with Crippen LogP contribution in [0.1, 0.15) is 24.2 Å². The van der Waals surface area contributed by atoms with Crippen molar-refractivity contribution in [2.75, 3.05) is 31.2 Å². The first-order valence-electron chi connectivity index (χ1n) is 9.03. The van der Waals surface area contributed by atoms with E-state index in [1.165, 1.54) is 43.5 Å². The van der Waals surface area contributed by atoms with E-state index in [9.17, 15) is 22.4 Å². The van der Waals surface area contributed by atoms with Gasteiger partial charge in [0.1, 0.15) is 6.54 Å². The number of nitrogens with zero attached hydrogens (tertiary/aromatic N) is 1. The van der Waals surface area contributed by atoms with Crippen molar-refractivity contribution in [1.82, 2.24) is 0 Å². The van der Waals surface area contributed by atoms with Crippen molar-refractivity contribution in [1.29, 1.82) is 0 Å². The lowest BCUT2D eigenvalue weighted by Gasteiger charge is -2.24. The largest absolute Gasteiger partial charge is 0.494 e. The van der Waals surface area contributed by atoms with Crippen LogP contribution in [0.2, 0.25) is 0 Å². The molecule has 0 aromatic heterocycles. The summed E-state index contributed by atoms with van der Waals surface area (Å²) in [6.45, 7) is 2.86. The van der Waals surface area contributed by atoms with E-state index in [1.807, 2.05) is 0 Å². The molecule has 0 spiro atoms. The summed E-state index contributed by atoms with van der Waals surface area (Å²) in [7, 11) is -3.08. The van der Waals surface area contributed by atoms with Crippen molar-refractivity contribution in [2.45, 2.75) is 18.7 Å². The van der Waals surface area contributed by atoms with Gasteiger partial charge in [0.25, 0.3) is 10.0 Å². The number of esters is 2. The summed E-state index contributed by atoms with van der Waals surface area (Å²) < 4.78 is 55.8. The Bertz CT molecular complexity index is 1010. The van der Waals surface area contributed by atoms with Gasteiger partial charge in [0.05, 0.1) is 36.5 Å². The van der Waals surface area contributed by atoms with Crippen LogP contribution < -0.4 is 9.04 Å². The van der Waals surface area contributed by atoms with Gasteiger partial charge < -0.3 is 14.2 Å². The molecule has 0 saturated heterocycles. The maximum absolute atomic E-state index is 14.1. The predicted octanol–water partition coefficient (Wildman–Crippen LogP) is 2.77. The summed E-state index contributed by atoms with van der Waals surface area (Å²) >= 11 is 0. The first kappa shape index (κ1) is 23.1. The third kappa shape index (κ3) is 5.26. The van der Waals surface area contributed by atoms with E-state index in [0.717, 1.165) is 10.4 Å². The normalized spacial score (nSPS) is 10.9. The van der Waals surface area contributed by atoms with Gasteiger partial charge in [0.15, 0.2) is 11.6 Å². The van der Waals surface area contributed by atoms with E-state index in [0.29, 0.717) is 0 Å². The Morgan fingerprint density at radius 1 is 1.00 bits per heavy atom. The molecule has 0 aliphatic heterocycles. The zero-order valence-electron chi connectivity index (χ0n) is 16.8. The van der Waals surface area contributed by atoms with E-state index >= 15 is 0 Å². The number of carbonyl (C=O) groups excluding carboxylic acids is 2. The summed E-state index contributed by atoms with van der Waals surface area (Å²) in [5, 5.41) is 0. The second kappa shape index (κ2) is 10.1. The molecule has 0 amide bonds. The number of anilines is 1. The van der Waals surface area contributed by atoms with Crippen molar-refractivity contribution in [3.05, 3.63) is 53.8 Å². The maximum atomic E-state index is 14.1. The molecule has 0 radical (unpaired) electrons. The molecule has 0 saturated carbocycles. The number of benzene rings is 2. The molecule has 10 heteroatoms. The van der Waals surface area contributed by atoms with Crippen LogP contribution in [-0.2, 0) is 24.3 Å². The number of ether oxygens (including phenoxy) is 3. The quantitative estimate of drug-likeness (QED) is 0.554. The lowest BCUT2D eigenvalue weighted by atomic mass is 10.2. The topological polar surface area (TPSA) is 99.2 Å². The van der Waals surface area contributed by atoms with Crippen LogP contribution in [0, 0.1) is 5.82 Å². The zero-order valence-corrected chi connectivity index (χ0v) is 17.6. The molecule has 0 fully saturated rings. The summed E-state index contributed by atoms with van der Waals surface area (Å²) in [6, 6.07) is 8.59. The molecule has 0 aliphatic carbocycles. The molecule has 0 unspecified atom stereocenters. The van der Waals surface area contributed by atoms with Crippen molar-refractivity contribution >= 4 is 27.6 Å². The molecule has 0 heterocycles. The first-order chi connectivity index (χ1) is 14.2. The fourth-order valence-corrected chi connectivity index (χ4v) is 3.97. The van der Waals surface area contributed by atoms with E-state index in [2.05, 4.69) is 0 Å². The van der Waals surface area contributed by atoms with Gasteiger partial charge in [-0.15, -0.1) is 0 Å². The highest BCUT2D eigenvalue weighted by Crippen LogP contribution is 2.27. The molecular weight excluding hydrogens is 417 g/mol. The van der Waals surface area contributed by atoms with Crippen LogP contribution >= 0.6 is 0 Å². The maximum Gasteiger partial charge on any atom is 0.338 e. The number of halogens is 1. The summed E-state index contributed by atoms with van der Waals surface area (Å²) in [5.74, 6) is -2.34. The highest BCUT2D eigenvalue weighted by molar-refractivity contribution is 7.92. The minimum atomic E-state index is -4.34. The van der Waals surface area contributed by atoms with E-state index < -0.39 is 34.3 Å². The Hall–Kier alpha value is -3.14. The van der Waals surface area contributed by atoms with Gasteiger partial charge in [0, 0.05) is 0 Å². The van der Waals surface area contributed by atoms with Crippen molar-refractivity contribution < 1.29 is 36.6 Å². The van der Waals surface area contributed by atoms with E-state index in [-0.39, 0.29) is 35.1 Å². The average molecular weight is 439 g/mol. The third-order valence-corrected chi connectivity index (χ3v) is 5.73. The fourth-order valence-electron chi connectivity index (χ4n) is 2.55. The number of hydrogen-bond acceptors (Lipinski definition) is 7. The van der Waals surface area contributed by atoms with Crippen molar-refractivity contribution in [3.8, 4) is 5.75 Å². The Morgan fingerprint density at radius 3 is 2.17 bits per heavy atom. The van der Waals surface area contributed by atoms with E-state index in [1.54, 1.807) is 13.8 Å². The molecule has 162 valence electrons. The summed E-state index contributed by atoms with van der Waals surface area (Å²) in [6.07, 6.45) is 0. The third-order valence-electron chi connectivity index (χ3n) is 3.96. The van der Waals surface area contributed by atoms with Crippen LogP contribution in [0.4, 0.5) is 10.1 Å². The fraction of sp³-hybridized carbons (Fsp3) is 0.300. The monoisotopic (exact) mass is 439 g/mol. The molecule has 2 rings (SSSR count). The highest BCUT2D eigenvalue weighted by Gasteiger charge is 2.29. The van der Waals surface area contributed by atoms with Gasteiger partial charge >= 0.3 is 11.9 Å². The second-order valence-electron chi connectivity index (χ2n) is 5.88. The predicted molar refractivity (Wildman–Crippen MR) is 107 cm³/mol. The molecular formula is C20H22FNO7S. The van der Waals surface area contributed by atoms with Gasteiger partial charge in [-0.3, -0.25) is 9.10 Å². The molecule has 0 atom stereocenters. The standard InChI is InChI=1S/C20H22FNO7S/c1-4-28-19(23)13-22(15-8-6-14(7-9-15)20(24)29-5-2)30(25,26)16-10-11-18(27-3)17(21)12-16/h6-12H,4-5,13H2,1-3H3. The first-order valence-corrected chi connectivity index (χ1v) is 10.5. The Labute approximate surface area is 174 Å². The zero-order chi connectivity index (χ0) is 22.3. The van der Waals surface area contributed by atoms with Crippen LogP contribution in [0.25, 0.3) is 0 Å². The Kier molecular flexibility index (Phi) is 7.76. The summed E-state index contributed by atoms with van der Waals surface area (Å²) in [4.78, 5) is 23.5. The van der Waals surface area contributed by atoms with Crippen LogP contribution in [0.15, 0.2) is 47.4 Å². The molecule has 0 N–H and O–H groups in total. The number of methoxy groups -OCH3 is 1. The SMILES string of the molecule is CCOC(=O)CN(c1ccc(C(=O)OCC)cc1)S(=O)(=O)c1ccc(OC)c(F)c1. The minimum Gasteiger partial charge on any atom is -0.494 e. The Balaban J connectivity index is 2.47. The number of sulfonamides is 1. The lowest BCUT2D eigenvalue weighted by molar-refractivity contribution is -0.141. The van der Waals surface area contributed by atoms with Gasteiger partial charge in [-0.25, -0.2) is 17.6 Å². The highest BCUT2D eigenvalue weighted by atomic mass is 32.2. The van der Waals surface area contributed by atoms with Crippen molar-refractivity contribution in [3.63, 3.8) is 0 Å². The lowest BCUT2D eigenvalue weighted by Crippen LogP contribution is -2.36. The molecule has 0 bridgehead atoms. The second-order valence-corrected chi connectivity index (χ2v) is 7.74. The van der Waals surface area contributed by atoms with Gasteiger partial charge in [0.2, 0.25) is 0 Å². The summed E-state index contributed by atoms with van der Waals surface area (Å²) in [5.41, 5.74) is 0.303. The molecule has 30 heavy (non-hydrogen) atoms. The van der Waals surface area contributed by atoms with Crippen LogP contribution in [0.5, 0.6) is 5.75 Å². The molecule has 2 aromatic carbocycles.